The first kappa shape index (κ1) is 15.6. The second-order valence-corrected chi connectivity index (χ2v) is 6.16. The van der Waals surface area contributed by atoms with E-state index in [0.29, 0.717) is 5.92 Å². The van der Waals surface area contributed by atoms with Crippen LogP contribution in [0.5, 0.6) is 0 Å². The first-order valence-corrected chi connectivity index (χ1v) is 7.45. The van der Waals surface area contributed by atoms with E-state index < -0.39 is 0 Å². The van der Waals surface area contributed by atoms with Gasteiger partial charge in [0.25, 0.3) is 0 Å². The summed E-state index contributed by atoms with van der Waals surface area (Å²) in [5.74, 6) is 0.447. The van der Waals surface area contributed by atoms with Crippen LogP contribution in [0.25, 0.3) is 0 Å². The Balaban J connectivity index is 2.06. The van der Waals surface area contributed by atoms with Crippen molar-refractivity contribution in [2.24, 2.45) is 7.05 Å². The van der Waals surface area contributed by atoms with Gasteiger partial charge in [-0.25, -0.2) is 0 Å². The molecule has 4 nitrogen and oxygen atoms in total. The van der Waals surface area contributed by atoms with Crippen LogP contribution < -0.4 is 5.32 Å². The second kappa shape index (κ2) is 6.76. The zero-order valence-corrected chi connectivity index (χ0v) is 13.7. The lowest BCUT2D eigenvalue weighted by Gasteiger charge is -2.12. The molecule has 0 aliphatic rings. The number of aromatic nitrogens is 2. The van der Waals surface area contributed by atoms with E-state index in [1.54, 1.807) is 0 Å². The first-order chi connectivity index (χ1) is 9.95. The van der Waals surface area contributed by atoms with Gasteiger partial charge in [0.1, 0.15) is 0 Å². The Morgan fingerprint density at radius 3 is 2.71 bits per heavy atom. The molecule has 1 heterocycles. The van der Waals surface area contributed by atoms with Gasteiger partial charge in [0.2, 0.25) is 0 Å². The monoisotopic (exact) mass is 286 g/mol. The Labute approximate surface area is 127 Å². The number of hydrogen-bond donors (Lipinski definition) is 1. The van der Waals surface area contributed by atoms with E-state index in [1.807, 2.05) is 11.7 Å². The van der Waals surface area contributed by atoms with Gasteiger partial charge in [0, 0.05) is 37.6 Å². The molecule has 2 aromatic rings. The van der Waals surface area contributed by atoms with Crippen molar-refractivity contribution in [3.63, 3.8) is 0 Å². The third-order valence-corrected chi connectivity index (χ3v) is 3.39. The third-order valence-electron chi connectivity index (χ3n) is 3.39. The summed E-state index contributed by atoms with van der Waals surface area (Å²) in [5.41, 5.74) is 4.92. The van der Waals surface area contributed by atoms with E-state index in [1.165, 1.54) is 16.8 Å². The van der Waals surface area contributed by atoms with Gasteiger partial charge in [-0.05, 0) is 37.7 Å². The van der Waals surface area contributed by atoms with Crippen LogP contribution in [0.15, 0.2) is 30.5 Å². The molecule has 0 fully saturated rings. The van der Waals surface area contributed by atoms with Crippen LogP contribution >= 0.6 is 0 Å². The number of hydrogen-bond acceptors (Lipinski definition) is 3. The highest BCUT2D eigenvalue weighted by Crippen LogP contribution is 2.19. The summed E-state index contributed by atoms with van der Waals surface area (Å²) in [7, 11) is 6.16. The van der Waals surface area contributed by atoms with E-state index in [-0.39, 0.29) is 0 Å². The SMILES string of the molecule is CC(C)c1nn(C)cc1CNc1cccc(CN(C)C)c1. The molecule has 0 saturated carbocycles. The van der Waals surface area contributed by atoms with Gasteiger partial charge in [0.15, 0.2) is 0 Å². The molecule has 0 unspecified atom stereocenters. The molecule has 0 aliphatic heterocycles. The molecule has 114 valence electrons. The average Bonchev–Trinajstić information content (AvgIpc) is 2.77. The fraction of sp³-hybridized carbons (Fsp3) is 0.471. The summed E-state index contributed by atoms with van der Waals surface area (Å²) in [6.45, 7) is 6.14. The minimum Gasteiger partial charge on any atom is -0.381 e. The van der Waals surface area contributed by atoms with Crippen molar-refractivity contribution in [2.45, 2.75) is 32.9 Å². The zero-order chi connectivity index (χ0) is 15.4. The van der Waals surface area contributed by atoms with Crippen molar-refractivity contribution in [1.82, 2.24) is 14.7 Å². The number of benzene rings is 1. The largest absolute Gasteiger partial charge is 0.381 e. The summed E-state index contributed by atoms with van der Waals surface area (Å²) in [4.78, 5) is 2.18. The molecule has 1 N–H and O–H groups in total. The van der Waals surface area contributed by atoms with Crippen molar-refractivity contribution in [2.75, 3.05) is 19.4 Å². The molecule has 0 amide bonds. The van der Waals surface area contributed by atoms with Crippen LogP contribution in [-0.2, 0) is 20.1 Å². The van der Waals surface area contributed by atoms with Crippen LogP contribution in [0.1, 0.15) is 36.6 Å². The van der Waals surface area contributed by atoms with E-state index in [2.05, 4.69) is 73.7 Å². The normalized spacial score (nSPS) is 11.4. The molecule has 0 aliphatic carbocycles. The summed E-state index contributed by atoms with van der Waals surface area (Å²) < 4.78 is 1.90. The maximum absolute atomic E-state index is 4.55. The number of aryl methyl sites for hydroxylation is 1. The summed E-state index contributed by atoms with van der Waals surface area (Å²) in [6, 6.07) is 8.60. The van der Waals surface area contributed by atoms with Gasteiger partial charge < -0.3 is 10.2 Å². The Hall–Kier alpha value is -1.81. The van der Waals surface area contributed by atoms with Gasteiger partial charge in [0.05, 0.1) is 5.69 Å². The van der Waals surface area contributed by atoms with Gasteiger partial charge in [-0.3, -0.25) is 4.68 Å². The molecule has 2 rings (SSSR count). The molecule has 0 atom stereocenters. The minimum absolute atomic E-state index is 0.447. The lowest BCUT2D eigenvalue weighted by molar-refractivity contribution is 0.402. The van der Waals surface area contributed by atoms with E-state index in [0.717, 1.165) is 18.8 Å². The standard InChI is InChI=1S/C17H26N4/c1-13(2)17-15(12-21(5)19-17)10-18-16-8-6-7-14(9-16)11-20(3)4/h6-9,12-13,18H,10-11H2,1-5H3. The number of rotatable bonds is 6. The maximum Gasteiger partial charge on any atom is 0.0699 e. The van der Waals surface area contributed by atoms with Crippen LogP contribution in [-0.4, -0.2) is 28.8 Å². The fourth-order valence-corrected chi connectivity index (χ4v) is 2.52. The molecule has 0 radical (unpaired) electrons. The molecule has 0 spiro atoms. The third kappa shape index (κ3) is 4.33. The zero-order valence-electron chi connectivity index (χ0n) is 13.7. The average molecular weight is 286 g/mol. The van der Waals surface area contributed by atoms with Crippen molar-refractivity contribution in [3.8, 4) is 0 Å². The van der Waals surface area contributed by atoms with Crippen molar-refractivity contribution in [1.29, 1.82) is 0 Å². The maximum atomic E-state index is 4.55. The summed E-state index contributed by atoms with van der Waals surface area (Å²) >= 11 is 0. The molecule has 21 heavy (non-hydrogen) atoms. The molecule has 1 aromatic heterocycles. The van der Waals surface area contributed by atoms with E-state index in [9.17, 15) is 0 Å². The van der Waals surface area contributed by atoms with Gasteiger partial charge in [-0.2, -0.15) is 5.10 Å². The highest BCUT2D eigenvalue weighted by Gasteiger charge is 2.11. The van der Waals surface area contributed by atoms with Gasteiger partial charge in [-0.15, -0.1) is 0 Å². The van der Waals surface area contributed by atoms with Crippen molar-refractivity contribution >= 4 is 5.69 Å². The smallest absolute Gasteiger partial charge is 0.0699 e. The molecular weight excluding hydrogens is 260 g/mol. The molecule has 0 bridgehead atoms. The van der Waals surface area contributed by atoms with Crippen LogP contribution in [0.2, 0.25) is 0 Å². The highest BCUT2D eigenvalue weighted by molar-refractivity contribution is 5.46. The minimum atomic E-state index is 0.447. The lowest BCUT2D eigenvalue weighted by Crippen LogP contribution is -2.11. The molecule has 1 aromatic carbocycles. The van der Waals surface area contributed by atoms with Crippen molar-refractivity contribution < 1.29 is 0 Å². The highest BCUT2D eigenvalue weighted by atomic mass is 15.3. The lowest BCUT2D eigenvalue weighted by atomic mass is 10.1. The second-order valence-electron chi connectivity index (χ2n) is 6.16. The first-order valence-electron chi connectivity index (χ1n) is 7.45. The fourth-order valence-electron chi connectivity index (χ4n) is 2.52. The Morgan fingerprint density at radius 2 is 2.05 bits per heavy atom. The van der Waals surface area contributed by atoms with Crippen molar-refractivity contribution in [3.05, 3.63) is 47.3 Å². The molecular formula is C17H26N4. The predicted molar refractivity (Wildman–Crippen MR) is 88.5 cm³/mol. The Morgan fingerprint density at radius 1 is 1.29 bits per heavy atom. The molecule has 0 saturated heterocycles. The molecule has 4 heteroatoms. The van der Waals surface area contributed by atoms with E-state index >= 15 is 0 Å². The van der Waals surface area contributed by atoms with E-state index in [4.69, 9.17) is 0 Å². The Bertz CT molecular complexity index is 584. The number of nitrogens with zero attached hydrogens (tertiary/aromatic N) is 3. The van der Waals surface area contributed by atoms with Crippen LogP contribution in [0.3, 0.4) is 0 Å². The van der Waals surface area contributed by atoms with Gasteiger partial charge >= 0.3 is 0 Å². The Kier molecular flexibility index (Phi) is 5.02. The topological polar surface area (TPSA) is 33.1 Å². The number of nitrogens with one attached hydrogen (secondary N) is 1. The van der Waals surface area contributed by atoms with Crippen LogP contribution in [0.4, 0.5) is 5.69 Å². The summed E-state index contributed by atoms with van der Waals surface area (Å²) in [5, 5.41) is 8.06. The predicted octanol–water partition coefficient (Wildman–Crippen LogP) is 3.22. The summed E-state index contributed by atoms with van der Waals surface area (Å²) in [6.07, 6.45) is 2.10. The van der Waals surface area contributed by atoms with Gasteiger partial charge in [-0.1, -0.05) is 26.0 Å². The number of anilines is 1. The van der Waals surface area contributed by atoms with Crippen LogP contribution in [0, 0.1) is 0 Å². The quantitative estimate of drug-likeness (QED) is 0.885.